The molecule has 13 heavy (non-hydrogen) atoms. The fourth-order valence-electron chi connectivity index (χ4n) is 0.961. The van der Waals surface area contributed by atoms with E-state index >= 15 is 0 Å². The Bertz CT molecular complexity index is 302. The van der Waals surface area contributed by atoms with Crippen LogP contribution in [0.4, 0.5) is 8.78 Å². The first-order valence-electron chi connectivity index (χ1n) is 3.73. The van der Waals surface area contributed by atoms with Crippen LogP contribution in [0.3, 0.4) is 0 Å². The van der Waals surface area contributed by atoms with Gasteiger partial charge in [-0.15, -0.1) is 0 Å². The van der Waals surface area contributed by atoms with Crippen molar-refractivity contribution in [1.82, 2.24) is 5.32 Å². The van der Waals surface area contributed by atoms with Gasteiger partial charge in [0.2, 0.25) is 0 Å². The van der Waals surface area contributed by atoms with Crippen LogP contribution in [0.25, 0.3) is 0 Å². The third kappa shape index (κ3) is 2.31. The topological polar surface area (TPSA) is 12.0 Å². The summed E-state index contributed by atoms with van der Waals surface area (Å²) in [5.41, 5.74) is 0.400. The minimum atomic E-state index is -0.998. The molecule has 1 rings (SSSR count). The predicted molar refractivity (Wildman–Crippen MR) is 48.8 cm³/mol. The van der Waals surface area contributed by atoms with E-state index in [9.17, 15) is 8.78 Å². The van der Waals surface area contributed by atoms with Crippen LogP contribution >= 0.6 is 0 Å². The lowest BCUT2D eigenvalue weighted by molar-refractivity contribution is 0.512. The van der Waals surface area contributed by atoms with Gasteiger partial charge < -0.3 is 5.32 Å². The van der Waals surface area contributed by atoms with Crippen LogP contribution in [-0.2, 0) is 6.54 Å². The van der Waals surface area contributed by atoms with Crippen molar-refractivity contribution in [1.29, 1.82) is 0 Å². The maximum absolute atomic E-state index is 12.8. The number of rotatable bonds is 3. The van der Waals surface area contributed by atoms with Crippen molar-refractivity contribution in [2.45, 2.75) is 6.54 Å². The van der Waals surface area contributed by atoms with Crippen molar-refractivity contribution in [3.63, 3.8) is 0 Å². The summed E-state index contributed by atoms with van der Waals surface area (Å²) in [6, 6.07) is 2.48. The summed E-state index contributed by atoms with van der Waals surface area (Å²) in [6.07, 6.45) is 1.47. The van der Waals surface area contributed by atoms with E-state index in [-0.39, 0.29) is 5.46 Å². The number of nitrogens with one attached hydrogen (secondary N) is 1. The molecule has 1 N–H and O–H groups in total. The predicted octanol–water partition coefficient (Wildman–Crippen LogP) is 0.992. The molecule has 0 unspecified atom stereocenters. The van der Waals surface area contributed by atoms with E-state index in [2.05, 4.69) is 11.9 Å². The van der Waals surface area contributed by atoms with Crippen LogP contribution in [0.15, 0.2) is 24.9 Å². The quantitative estimate of drug-likeness (QED) is 0.682. The molecular formula is C9H8BF2N. The molecule has 0 aliphatic carbocycles. The zero-order valence-corrected chi connectivity index (χ0v) is 6.98. The number of hydrogen-bond donors (Lipinski definition) is 1. The largest absolute Gasteiger partial charge is 0.387 e. The zero-order chi connectivity index (χ0) is 9.84. The van der Waals surface area contributed by atoms with E-state index in [1.807, 2.05) is 0 Å². The highest BCUT2D eigenvalue weighted by Crippen LogP contribution is 2.05. The molecule has 0 saturated carbocycles. The van der Waals surface area contributed by atoms with E-state index in [0.717, 1.165) is 6.07 Å². The minimum absolute atomic E-state index is 0.180. The molecule has 1 nitrogen and oxygen atoms in total. The van der Waals surface area contributed by atoms with Crippen LogP contribution in [0.1, 0.15) is 5.56 Å². The van der Waals surface area contributed by atoms with Gasteiger partial charge >= 0.3 is 0 Å². The Morgan fingerprint density at radius 1 is 1.46 bits per heavy atom. The normalized spacial score (nSPS) is 9.69. The second-order valence-corrected chi connectivity index (χ2v) is 2.57. The fraction of sp³-hybridized carbons (Fsp3) is 0.111. The summed E-state index contributed by atoms with van der Waals surface area (Å²) in [5, 5.41) is 2.76. The smallest absolute Gasteiger partial charge is 0.158 e. The zero-order valence-electron chi connectivity index (χ0n) is 6.98. The van der Waals surface area contributed by atoms with Crippen LogP contribution in [0.5, 0.6) is 0 Å². The molecular weight excluding hydrogens is 171 g/mol. The lowest BCUT2D eigenvalue weighted by atomic mass is 9.93. The molecule has 2 radical (unpaired) electrons. The van der Waals surface area contributed by atoms with Gasteiger partial charge in [-0.2, -0.15) is 0 Å². The van der Waals surface area contributed by atoms with Gasteiger partial charge in [-0.3, -0.25) is 0 Å². The Morgan fingerprint density at radius 3 is 2.69 bits per heavy atom. The first-order chi connectivity index (χ1) is 6.15. The Kier molecular flexibility index (Phi) is 3.06. The molecule has 1 aromatic rings. The molecule has 1 aromatic carbocycles. The van der Waals surface area contributed by atoms with Crippen molar-refractivity contribution in [2.24, 2.45) is 0 Å². The van der Waals surface area contributed by atoms with E-state index in [1.54, 1.807) is 0 Å². The molecule has 0 bridgehead atoms. The van der Waals surface area contributed by atoms with Crippen molar-refractivity contribution >= 4 is 13.3 Å². The lowest BCUT2D eigenvalue weighted by Crippen LogP contribution is -2.14. The molecule has 0 amide bonds. The Balaban J connectivity index is 2.92. The van der Waals surface area contributed by atoms with Gasteiger partial charge in [-0.25, -0.2) is 8.78 Å². The number of benzene rings is 1. The summed E-state index contributed by atoms with van der Waals surface area (Å²) in [6.45, 7) is 3.81. The molecule has 0 saturated heterocycles. The minimum Gasteiger partial charge on any atom is -0.387 e. The molecule has 0 atom stereocenters. The average molecular weight is 179 g/mol. The van der Waals surface area contributed by atoms with Gasteiger partial charge in [0.15, 0.2) is 11.6 Å². The van der Waals surface area contributed by atoms with E-state index in [0.29, 0.717) is 12.1 Å². The van der Waals surface area contributed by atoms with E-state index in [4.69, 9.17) is 7.85 Å². The number of halogens is 2. The van der Waals surface area contributed by atoms with E-state index in [1.165, 1.54) is 12.3 Å². The molecule has 0 aliphatic rings. The highest BCUT2D eigenvalue weighted by atomic mass is 19.2. The van der Waals surface area contributed by atoms with Crippen LogP contribution in [0.2, 0.25) is 0 Å². The second kappa shape index (κ2) is 4.07. The molecule has 0 fully saturated rings. The van der Waals surface area contributed by atoms with E-state index < -0.39 is 11.6 Å². The summed E-state index contributed by atoms with van der Waals surface area (Å²) in [5.74, 6) is -1.93. The van der Waals surface area contributed by atoms with Crippen molar-refractivity contribution in [3.05, 3.63) is 42.1 Å². The van der Waals surface area contributed by atoms with Gasteiger partial charge in [-0.05, 0) is 17.8 Å². The van der Waals surface area contributed by atoms with Crippen LogP contribution in [-0.4, -0.2) is 7.85 Å². The molecule has 4 heteroatoms. The van der Waals surface area contributed by atoms with Crippen molar-refractivity contribution in [3.8, 4) is 0 Å². The maximum Gasteiger partial charge on any atom is 0.158 e. The molecule has 0 aromatic heterocycles. The monoisotopic (exact) mass is 179 g/mol. The molecule has 0 spiro atoms. The third-order valence-electron chi connectivity index (χ3n) is 1.57. The Labute approximate surface area is 76.9 Å². The van der Waals surface area contributed by atoms with Gasteiger partial charge in [0.05, 0.1) is 0 Å². The fourth-order valence-corrected chi connectivity index (χ4v) is 0.961. The molecule has 0 heterocycles. The van der Waals surface area contributed by atoms with Crippen LogP contribution < -0.4 is 10.8 Å². The summed E-state index contributed by atoms with van der Waals surface area (Å²) in [7, 11) is 5.22. The van der Waals surface area contributed by atoms with Crippen LogP contribution in [0, 0.1) is 11.6 Å². The summed E-state index contributed by atoms with van der Waals surface area (Å²) in [4.78, 5) is 0. The highest BCUT2D eigenvalue weighted by molar-refractivity contribution is 6.32. The van der Waals surface area contributed by atoms with Gasteiger partial charge in [0.1, 0.15) is 7.85 Å². The standard InChI is InChI=1S/C9H8BF2N/c1-2-13-5-6-3-7(10)9(12)8(11)4-6/h2-4,13H,1,5H2. The van der Waals surface area contributed by atoms with Gasteiger partial charge in [0, 0.05) is 6.54 Å². The summed E-state index contributed by atoms with van der Waals surface area (Å²) < 4.78 is 25.5. The molecule has 66 valence electrons. The number of hydrogen-bond acceptors (Lipinski definition) is 1. The highest BCUT2D eigenvalue weighted by Gasteiger charge is 2.05. The van der Waals surface area contributed by atoms with Gasteiger partial charge in [-0.1, -0.05) is 18.1 Å². The Morgan fingerprint density at radius 2 is 2.15 bits per heavy atom. The lowest BCUT2D eigenvalue weighted by Gasteiger charge is -2.04. The molecule has 0 aliphatic heterocycles. The third-order valence-corrected chi connectivity index (χ3v) is 1.57. The maximum atomic E-state index is 12.8. The Hall–Kier alpha value is -1.32. The average Bonchev–Trinajstić information content (AvgIpc) is 2.10. The van der Waals surface area contributed by atoms with Crippen molar-refractivity contribution < 1.29 is 8.78 Å². The SMILES string of the molecule is [B]c1cc(CNC=C)cc(F)c1F. The van der Waals surface area contributed by atoms with Crippen molar-refractivity contribution in [2.75, 3.05) is 0 Å². The van der Waals surface area contributed by atoms with Gasteiger partial charge in [0.25, 0.3) is 0 Å². The second-order valence-electron chi connectivity index (χ2n) is 2.57. The summed E-state index contributed by atoms with van der Waals surface area (Å²) >= 11 is 0. The first-order valence-corrected chi connectivity index (χ1v) is 3.73. The first kappa shape index (κ1) is 9.77.